The Morgan fingerprint density at radius 1 is 1.28 bits per heavy atom. The summed E-state index contributed by atoms with van der Waals surface area (Å²) in [5.41, 5.74) is 6.97. The molecule has 2 aromatic rings. The highest BCUT2D eigenvalue weighted by Crippen LogP contribution is 2.21. The number of nitrogens with one attached hydrogen (secondary N) is 1. The maximum absolute atomic E-state index is 6.21. The molecule has 0 aliphatic heterocycles. The lowest BCUT2D eigenvalue weighted by Crippen LogP contribution is -2.39. The maximum Gasteiger partial charge on any atom is 0.203 e. The lowest BCUT2D eigenvalue weighted by atomic mass is 10.0. The van der Waals surface area contributed by atoms with Crippen LogP contribution in [0.15, 0.2) is 18.7 Å². The van der Waals surface area contributed by atoms with E-state index in [4.69, 9.17) is 5.73 Å². The zero-order valence-electron chi connectivity index (χ0n) is 10.3. The van der Waals surface area contributed by atoms with Crippen LogP contribution in [0.5, 0.6) is 0 Å². The first kappa shape index (κ1) is 11.4. The van der Waals surface area contributed by atoms with Gasteiger partial charge in [-0.25, -0.2) is 4.98 Å². The molecule has 6 heteroatoms. The molecule has 2 heterocycles. The molecule has 0 saturated heterocycles. The van der Waals surface area contributed by atoms with Crippen molar-refractivity contribution in [3.8, 4) is 0 Å². The average molecular weight is 246 g/mol. The van der Waals surface area contributed by atoms with E-state index in [9.17, 15) is 0 Å². The van der Waals surface area contributed by atoms with Gasteiger partial charge in [0.05, 0.1) is 0 Å². The molecule has 0 aromatic carbocycles. The first-order valence-electron chi connectivity index (χ1n) is 6.51. The molecule has 96 valence electrons. The second-order valence-corrected chi connectivity index (χ2v) is 4.89. The van der Waals surface area contributed by atoms with Gasteiger partial charge in [0, 0.05) is 24.5 Å². The van der Waals surface area contributed by atoms with Gasteiger partial charge in [0.25, 0.3) is 0 Å². The molecule has 2 aromatic heterocycles. The Morgan fingerprint density at radius 2 is 2.17 bits per heavy atom. The van der Waals surface area contributed by atoms with Crippen LogP contribution in [0.1, 0.15) is 32.1 Å². The monoisotopic (exact) mass is 246 g/mol. The number of aromatic nitrogens is 4. The van der Waals surface area contributed by atoms with E-state index in [1.54, 1.807) is 12.5 Å². The Labute approximate surface area is 106 Å². The van der Waals surface area contributed by atoms with Gasteiger partial charge in [-0.15, -0.1) is 10.2 Å². The topological polar surface area (TPSA) is 81.1 Å². The predicted molar refractivity (Wildman–Crippen MR) is 69.3 cm³/mol. The van der Waals surface area contributed by atoms with E-state index in [1.807, 2.05) is 10.6 Å². The van der Waals surface area contributed by atoms with Gasteiger partial charge < -0.3 is 11.1 Å². The number of hydrogen-bond acceptors (Lipinski definition) is 5. The molecule has 2 atom stereocenters. The molecule has 3 N–H and O–H groups in total. The molecule has 1 saturated carbocycles. The summed E-state index contributed by atoms with van der Waals surface area (Å²) in [7, 11) is 0. The largest absolute Gasteiger partial charge is 0.363 e. The molecule has 0 bridgehead atoms. The van der Waals surface area contributed by atoms with Crippen LogP contribution < -0.4 is 11.1 Å². The minimum atomic E-state index is 0.192. The van der Waals surface area contributed by atoms with Crippen LogP contribution in [0, 0.1) is 0 Å². The molecule has 18 heavy (non-hydrogen) atoms. The summed E-state index contributed by atoms with van der Waals surface area (Å²) in [4.78, 5) is 4.35. The number of fused-ring (bicyclic) bond motifs is 1. The summed E-state index contributed by atoms with van der Waals surface area (Å²) >= 11 is 0. The summed E-state index contributed by atoms with van der Waals surface area (Å²) in [5.74, 6) is 0.775. The highest BCUT2D eigenvalue weighted by atomic mass is 15.2. The van der Waals surface area contributed by atoms with E-state index >= 15 is 0 Å². The van der Waals surface area contributed by atoms with Gasteiger partial charge in [-0.05, 0) is 12.8 Å². The summed E-state index contributed by atoms with van der Waals surface area (Å²) in [6.45, 7) is 0. The highest BCUT2D eigenvalue weighted by molar-refractivity contribution is 5.61. The van der Waals surface area contributed by atoms with Gasteiger partial charge >= 0.3 is 0 Å². The van der Waals surface area contributed by atoms with Crippen molar-refractivity contribution in [3.63, 3.8) is 0 Å². The number of hydrogen-bond donors (Lipinski definition) is 2. The average Bonchev–Trinajstić information content (AvgIpc) is 2.77. The van der Waals surface area contributed by atoms with Gasteiger partial charge in [0.2, 0.25) is 5.65 Å². The fraction of sp³-hybridized carbons (Fsp3) is 0.583. The smallest absolute Gasteiger partial charge is 0.203 e. The standard InChI is InChI=1S/C12H18N6/c13-9-4-2-1-3-5-10(9)16-11-12-17-15-8-18(12)7-6-14-11/h6-10H,1-5,13H2,(H,14,16). The third-order valence-corrected chi connectivity index (χ3v) is 3.61. The van der Waals surface area contributed by atoms with Gasteiger partial charge in [-0.3, -0.25) is 4.40 Å². The number of rotatable bonds is 2. The van der Waals surface area contributed by atoms with Crippen molar-refractivity contribution in [2.75, 3.05) is 5.32 Å². The van der Waals surface area contributed by atoms with Crippen molar-refractivity contribution in [1.82, 2.24) is 19.6 Å². The van der Waals surface area contributed by atoms with Gasteiger partial charge in [0.15, 0.2) is 5.82 Å². The number of anilines is 1. The molecule has 3 rings (SSSR count). The zero-order valence-corrected chi connectivity index (χ0v) is 10.3. The summed E-state index contributed by atoms with van der Waals surface area (Å²) in [6.07, 6.45) is 11.2. The SMILES string of the molecule is NC1CCCCCC1Nc1nccn2cnnc12. The van der Waals surface area contributed by atoms with Gasteiger partial charge in [0.1, 0.15) is 6.33 Å². The van der Waals surface area contributed by atoms with Crippen LogP contribution in [-0.4, -0.2) is 31.7 Å². The minimum Gasteiger partial charge on any atom is -0.363 e. The first-order chi connectivity index (χ1) is 8.84. The van der Waals surface area contributed by atoms with Crippen LogP contribution in [0.3, 0.4) is 0 Å². The molecule has 0 spiro atoms. The van der Waals surface area contributed by atoms with E-state index in [2.05, 4.69) is 20.5 Å². The summed E-state index contributed by atoms with van der Waals surface area (Å²) < 4.78 is 1.86. The number of nitrogens with zero attached hydrogens (tertiary/aromatic N) is 4. The second-order valence-electron chi connectivity index (χ2n) is 4.89. The van der Waals surface area contributed by atoms with Crippen molar-refractivity contribution in [2.24, 2.45) is 5.73 Å². The summed E-state index contributed by atoms with van der Waals surface area (Å²) in [5, 5.41) is 11.4. The molecule has 6 nitrogen and oxygen atoms in total. The Kier molecular flexibility index (Phi) is 3.10. The Bertz CT molecular complexity index is 522. The Balaban J connectivity index is 1.84. The van der Waals surface area contributed by atoms with Crippen molar-refractivity contribution in [2.45, 2.75) is 44.2 Å². The van der Waals surface area contributed by atoms with Crippen molar-refractivity contribution in [1.29, 1.82) is 0 Å². The van der Waals surface area contributed by atoms with E-state index in [1.165, 1.54) is 19.3 Å². The normalized spacial score (nSPS) is 24.9. The lowest BCUT2D eigenvalue weighted by molar-refractivity contribution is 0.527. The molecule has 1 fully saturated rings. The summed E-state index contributed by atoms with van der Waals surface area (Å²) in [6, 6.07) is 0.473. The molecule has 2 unspecified atom stereocenters. The molecule has 0 radical (unpaired) electrons. The van der Waals surface area contributed by atoms with Gasteiger partial charge in [-0.1, -0.05) is 19.3 Å². The molecular formula is C12H18N6. The van der Waals surface area contributed by atoms with Crippen LogP contribution in [0.25, 0.3) is 5.65 Å². The van der Waals surface area contributed by atoms with E-state index in [0.717, 1.165) is 24.3 Å². The minimum absolute atomic E-state index is 0.192. The fourth-order valence-electron chi connectivity index (χ4n) is 2.55. The van der Waals surface area contributed by atoms with Crippen LogP contribution in [0.2, 0.25) is 0 Å². The molecule has 0 amide bonds. The van der Waals surface area contributed by atoms with E-state index in [0.29, 0.717) is 0 Å². The van der Waals surface area contributed by atoms with Crippen LogP contribution >= 0.6 is 0 Å². The molecule has 1 aliphatic rings. The van der Waals surface area contributed by atoms with E-state index in [-0.39, 0.29) is 12.1 Å². The van der Waals surface area contributed by atoms with E-state index < -0.39 is 0 Å². The zero-order chi connectivity index (χ0) is 12.4. The fourth-order valence-corrected chi connectivity index (χ4v) is 2.55. The first-order valence-corrected chi connectivity index (χ1v) is 6.51. The van der Waals surface area contributed by atoms with Crippen molar-refractivity contribution >= 4 is 11.5 Å². The Hall–Kier alpha value is -1.69. The number of nitrogens with two attached hydrogens (primary N) is 1. The maximum atomic E-state index is 6.21. The quantitative estimate of drug-likeness (QED) is 0.778. The third-order valence-electron chi connectivity index (χ3n) is 3.61. The van der Waals surface area contributed by atoms with Crippen LogP contribution in [0.4, 0.5) is 5.82 Å². The lowest BCUT2D eigenvalue weighted by Gasteiger charge is -2.23. The third kappa shape index (κ3) is 2.15. The van der Waals surface area contributed by atoms with Crippen LogP contribution in [-0.2, 0) is 0 Å². The van der Waals surface area contributed by atoms with Crippen molar-refractivity contribution < 1.29 is 0 Å². The van der Waals surface area contributed by atoms with Gasteiger partial charge in [-0.2, -0.15) is 0 Å². The molecular weight excluding hydrogens is 228 g/mol. The second kappa shape index (κ2) is 4.89. The Morgan fingerprint density at radius 3 is 3.11 bits per heavy atom. The molecule has 1 aliphatic carbocycles. The highest BCUT2D eigenvalue weighted by Gasteiger charge is 2.21. The predicted octanol–water partition coefficient (Wildman–Crippen LogP) is 1.20. The van der Waals surface area contributed by atoms with Crippen molar-refractivity contribution in [3.05, 3.63) is 18.7 Å².